The molecule has 1 aromatic carbocycles. The quantitative estimate of drug-likeness (QED) is 0.916. The number of hydrogen-bond donors (Lipinski definition) is 1. The predicted molar refractivity (Wildman–Crippen MR) is 94.4 cm³/mol. The van der Waals surface area contributed by atoms with Gasteiger partial charge in [-0.05, 0) is 30.9 Å². The largest absolute Gasteiger partial charge is 0.368 e. The molecule has 1 heterocycles. The van der Waals surface area contributed by atoms with Crippen LogP contribution in [0.5, 0.6) is 0 Å². The van der Waals surface area contributed by atoms with Crippen molar-refractivity contribution in [2.75, 3.05) is 7.05 Å². The summed E-state index contributed by atoms with van der Waals surface area (Å²) >= 11 is 0. The highest BCUT2D eigenvalue weighted by Crippen LogP contribution is 2.35. The molecule has 0 unspecified atom stereocenters. The fraction of sp³-hybridized carbons (Fsp3) is 0.474. The second kappa shape index (κ2) is 6.30. The summed E-state index contributed by atoms with van der Waals surface area (Å²) in [6.07, 6.45) is 6.39. The van der Waals surface area contributed by atoms with Crippen LogP contribution in [0.4, 0.5) is 0 Å². The fourth-order valence-electron chi connectivity index (χ4n) is 3.98. The molecule has 1 fully saturated rings. The number of carbonyl (C=O) groups is 2. The normalized spacial score (nSPS) is 16.4. The number of aromatic nitrogens is 1. The van der Waals surface area contributed by atoms with Crippen LogP contribution in [0.25, 0.3) is 10.9 Å². The predicted octanol–water partition coefficient (Wildman–Crippen LogP) is 2.37. The molecule has 5 nitrogen and oxygen atoms in total. The minimum absolute atomic E-state index is 0.0105. The van der Waals surface area contributed by atoms with Crippen molar-refractivity contribution >= 4 is 22.7 Å². The fourth-order valence-corrected chi connectivity index (χ4v) is 3.98. The summed E-state index contributed by atoms with van der Waals surface area (Å²) in [5.41, 5.74) is 7.16. The first kappa shape index (κ1) is 16.6. The molecule has 24 heavy (non-hydrogen) atoms. The van der Waals surface area contributed by atoms with E-state index in [1.54, 1.807) is 11.9 Å². The Bertz CT molecular complexity index is 772. The van der Waals surface area contributed by atoms with E-state index >= 15 is 0 Å². The van der Waals surface area contributed by atoms with Crippen molar-refractivity contribution in [2.45, 2.75) is 44.1 Å². The van der Waals surface area contributed by atoms with Crippen molar-refractivity contribution in [3.63, 3.8) is 0 Å². The number of likely N-dealkylation sites (N-methyl/N-ethyl adjacent to an activating group) is 1. The Balaban J connectivity index is 1.74. The summed E-state index contributed by atoms with van der Waals surface area (Å²) in [5.74, 6) is -0.385. The summed E-state index contributed by atoms with van der Waals surface area (Å²) in [7, 11) is 3.74. The molecule has 0 bridgehead atoms. The zero-order valence-corrected chi connectivity index (χ0v) is 14.4. The molecule has 128 valence electrons. The number of amides is 2. The van der Waals surface area contributed by atoms with Gasteiger partial charge in [0.1, 0.15) is 5.54 Å². The van der Waals surface area contributed by atoms with Gasteiger partial charge in [-0.2, -0.15) is 0 Å². The number of nitrogens with two attached hydrogens (primary N) is 1. The molecule has 0 saturated heterocycles. The second-order valence-corrected chi connectivity index (χ2v) is 6.84. The summed E-state index contributed by atoms with van der Waals surface area (Å²) in [4.78, 5) is 26.2. The Morgan fingerprint density at radius 1 is 1.25 bits per heavy atom. The highest BCUT2D eigenvalue weighted by Gasteiger charge is 2.45. The van der Waals surface area contributed by atoms with E-state index in [1.165, 1.54) is 5.39 Å². The van der Waals surface area contributed by atoms with Crippen LogP contribution in [-0.4, -0.2) is 33.9 Å². The molecular formula is C19H25N3O2. The van der Waals surface area contributed by atoms with Crippen molar-refractivity contribution < 1.29 is 9.59 Å². The molecule has 1 aromatic heterocycles. The van der Waals surface area contributed by atoms with E-state index in [9.17, 15) is 9.59 Å². The van der Waals surface area contributed by atoms with Gasteiger partial charge in [-0.25, -0.2) is 0 Å². The Kier molecular flexibility index (Phi) is 4.35. The number of aryl methyl sites for hydroxylation is 2. The zero-order valence-electron chi connectivity index (χ0n) is 14.4. The molecule has 1 aliphatic rings. The Morgan fingerprint density at radius 3 is 2.58 bits per heavy atom. The lowest BCUT2D eigenvalue weighted by Gasteiger charge is -2.36. The van der Waals surface area contributed by atoms with Crippen LogP contribution < -0.4 is 5.73 Å². The van der Waals surface area contributed by atoms with Gasteiger partial charge in [0, 0.05) is 37.6 Å². The topological polar surface area (TPSA) is 68.3 Å². The number of fused-ring (bicyclic) bond motifs is 1. The van der Waals surface area contributed by atoms with Gasteiger partial charge in [0.25, 0.3) is 0 Å². The summed E-state index contributed by atoms with van der Waals surface area (Å²) in [5, 5.41) is 1.18. The maximum Gasteiger partial charge on any atom is 0.243 e. The number of nitrogens with zero attached hydrogens (tertiary/aromatic N) is 2. The molecule has 0 aliphatic heterocycles. The molecule has 0 radical (unpaired) electrons. The highest BCUT2D eigenvalue weighted by atomic mass is 16.2. The number of benzene rings is 1. The number of para-hydroxylation sites is 1. The molecule has 2 N–H and O–H groups in total. The van der Waals surface area contributed by atoms with Gasteiger partial charge in [-0.3, -0.25) is 9.59 Å². The standard InChI is InChI=1S/C19H25N3O2/c1-21-13-14(15-7-3-4-8-16(15)21)9-10-17(23)22(2)19(18(20)24)11-5-6-12-19/h3-4,7-8,13H,5-6,9-12H2,1-2H3,(H2,20,24). The molecular weight excluding hydrogens is 302 g/mol. The first-order valence-corrected chi connectivity index (χ1v) is 8.55. The van der Waals surface area contributed by atoms with Crippen LogP contribution in [0.15, 0.2) is 30.5 Å². The third kappa shape index (κ3) is 2.68. The second-order valence-electron chi connectivity index (χ2n) is 6.84. The molecule has 5 heteroatoms. The van der Waals surface area contributed by atoms with Crippen LogP contribution >= 0.6 is 0 Å². The van der Waals surface area contributed by atoms with Crippen LogP contribution in [0, 0.1) is 0 Å². The van der Waals surface area contributed by atoms with Crippen molar-refractivity contribution in [2.24, 2.45) is 12.8 Å². The van der Waals surface area contributed by atoms with Gasteiger partial charge >= 0.3 is 0 Å². The maximum atomic E-state index is 12.7. The van der Waals surface area contributed by atoms with Gasteiger partial charge in [0.15, 0.2) is 0 Å². The first-order valence-electron chi connectivity index (χ1n) is 8.55. The lowest BCUT2D eigenvalue weighted by molar-refractivity contribution is -0.144. The van der Waals surface area contributed by atoms with E-state index in [4.69, 9.17) is 5.73 Å². The Hall–Kier alpha value is -2.30. The molecule has 2 amide bonds. The number of rotatable bonds is 5. The van der Waals surface area contributed by atoms with Crippen LogP contribution in [0.2, 0.25) is 0 Å². The average molecular weight is 327 g/mol. The van der Waals surface area contributed by atoms with Gasteiger partial charge in [-0.1, -0.05) is 31.0 Å². The summed E-state index contributed by atoms with van der Waals surface area (Å²) < 4.78 is 2.08. The number of carbonyl (C=O) groups excluding carboxylic acids is 2. The van der Waals surface area contributed by atoms with Gasteiger partial charge in [0.2, 0.25) is 11.8 Å². The van der Waals surface area contributed by atoms with Crippen molar-refractivity contribution in [3.8, 4) is 0 Å². The molecule has 3 rings (SSSR count). The van der Waals surface area contributed by atoms with Crippen molar-refractivity contribution in [1.82, 2.24) is 9.47 Å². The highest BCUT2D eigenvalue weighted by molar-refractivity contribution is 5.91. The third-order valence-corrected chi connectivity index (χ3v) is 5.49. The van der Waals surface area contributed by atoms with Crippen molar-refractivity contribution in [1.29, 1.82) is 0 Å². The molecule has 0 spiro atoms. The monoisotopic (exact) mass is 327 g/mol. The van der Waals surface area contributed by atoms with Gasteiger partial charge in [0.05, 0.1) is 0 Å². The first-order chi connectivity index (χ1) is 11.5. The number of hydrogen-bond acceptors (Lipinski definition) is 2. The van der Waals surface area contributed by atoms with Gasteiger partial charge in [-0.15, -0.1) is 0 Å². The Labute approximate surface area is 142 Å². The molecule has 1 aliphatic carbocycles. The SMILES string of the molecule is CN(C(=O)CCc1cn(C)c2ccccc12)C1(C(N)=O)CCCC1. The Morgan fingerprint density at radius 2 is 1.92 bits per heavy atom. The molecule has 2 aromatic rings. The average Bonchev–Trinajstić information content (AvgIpc) is 3.19. The lowest BCUT2D eigenvalue weighted by Crippen LogP contribution is -2.56. The summed E-state index contributed by atoms with van der Waals surface area (Å²) in [6.45, 7) is 0. The maximum absolute atomic E-state index is 12.7. The number of primary amides is 1. The van der Waals surface area contributed by atoms with E-state index in [1.807, 2.05) is 19.2 Å². The minimum Gasteiger partial charge on any atom is -0.368 e. The van der Waals surface area contributed by atoms with Crippen molar-refractivity contribution in [3.05, 3.63) is 36.0 Å². The minimum atomic E-state index is -0.782. The van der Waals surface area contributed by atoms with Crippen LogP contribution in [-0.2, 0) is 23.1 Å². The van der Waals surface area contributed by atoms with Gasteiger partial charge < -0.3 is 15.2 Å². The zero-order chi connectivity index (χ0) is 17.3. The summed E-state index contributed by atoms with van der Waals surface area (Å²) in [6, 6.07) is 8.19. The van der Waals surface area contributed by atoms with E-state index < -0.39 is 5.54 Å². The van der Waals surface area contributed by atoms with E-state index in [-0.39, 0.29) is 11.8 Å². The van der Waals surface area contributed by atoms with E-state index in [2.05, 4.69) is 22.9 Å². The van der Waals surface area contributed by atoms with E-state index in [0.717, 1.165) is 23.9 Å². The van der Waals surface area contributed by atoms with E-state index in [0.29, 0.717) is 25.7 Å². The molecule has 1 saturated carbocycles. The van der Waals surface area contributed by atoms with Crippen LogP contribution in [0.3, 0.4) is 0 Å². The van der Waals surface area contributed by atoms with Crippen LogP contribution in [0.1, 0.15) is 37.7 Å². The smallest absolute Gasteiger partial charge is 0.243 e. The lowest BCUT2D eigenvalue weighted by atomic mass is 9.94. The third-order valence-electron chi connectivity index (χ3n) is 5.49. The molecule has 0 atom stereocenters.